The van der Waals surface area contributed by atoms with Crippen molar-refractivity contribution in [3.05, 3.63) is 60.4 Å². The van der Waals surface area contributed by atoms with E-state index in [9.17, 15) is 8.78 Å². The second-order valence-corrected chi connectivity index (χ2v) is 11.4. The highest BCUT2D eigenvalue weighted by atomic mass is 32.1. The Morgan fingerprint density at radius 1 is 0.700 bits per heavy atom. The lowest BCUT2D eigenvalue weighted by molar-refractivity contribution is 0.285. The van der Waals surface area contributed by atoms with E-state index in [0.29, 0.717) is 12.3 Å². The van der Waals surface area contributed by atoms with Crippen molar-refractivity contribution in [2.24, 2.45) is 0 Å². The monoisotopic (exact) mass is 568 g/mol. The molecular formula is C33H42F2N2O2S. The molecule has 216 valence electrons. The largest absolute Gasteiger partial charge is 0.494 e. The summed E-state index contributed by atoms with van der Waals surface area (Å²) in [5, 5.41) is 0. The number of ether oxygens (including phenoxy) is 2. The number of aromatic nitrogens is 2. The maximum absolute atomic E-state index is 14.9. The van der Waals surface area contributed by atoms with Gasteiger partial charge in [0.15, 0.2) is 16.5 Å². The Morgan fingerprint density at radius 3 is 1.98 bits per heavy atom. The summed E-state index contributed by atoms with van der Waals surface area (Å²) in [5.41, 5.74) is 1.59. The second kappa shape index (κ2) is 15.8. The molecule has 0 atom stereocenters. The predicted molar refractivity (Wildman–Crippen MR) is 162 cm³/mol. The summed E-state index contributed by atoms with van der Waals surface area (Å²) < 4.78 is 43.0. The molecule has 0 aliphatic carbocycles. The number of hydrogen-bond donors (Lipinski definition) is 0. The van der Waals surface area contributed by atoms with Gasteiger partial charge in [0.25, 0.3) is 0 Å². The van der Waals surface area contributed by atoms with Gasteiger partial charge < -0.3 is 9.47 Å². The van der Waals surface area contributed by atoms with Gasteiger partial charge in [-0.25, -0.2) is 9.37 Å². The van der Waals surface area contributed by atoms with Crippen LogP contribution in [-0.2, 0) is 0 Å². The lowest BCUT2D eigenvalue weighted by Gasteiger charge is -2.09. The Balaban J connectivity index is 1.31. The first-order chi connectivity index (χ1) is 19.6. The highest BCUT2D eigenvalue weighted by molar-refractivity contribution is 7.20. The maximum Gasteiger partial charge on any atom is 0.201 e. The van der Waals surface area contributed by atoms with Crippen LogP contribution in [0.3, 0.4) is 0 Å². The van der Waals surface area contributed by atoms with E-state index in [0.717, 1.165) is 53.4 Å². The van der Waals surface area contributed by atoms with Gasteiger partial charge in [0, 0.05) is 18.0 Å². The molecule has 7 heteroatoms. The molecule has 40 heavy (non-hydrogen) atoms. The zero-order valence-corrected chi connectivity index (χ0v) is 24.7. The average Bonchev–Trinajstić information content (AvgIpc) is 3.54. The summed E-state index contributed by atoms with van der Waals surface area (Å²) in [5.74, 6) is -1.06. The Morgan fingerprint density at radius 2 is 1.32 bits per heavy atom. The molecule has 0 fully saturated rings. The van der Waals surface area contributed by atoms with Gasteiger partial charge in [-0.2, -0.15) is 4.39 Å². The zero-order valence-electron chi connectivity index (χ0n) is 23.9. The average molecular weight is 569 g/mol. The van der Waals surface area contributed by atoms with Crippen molar-refractivity contribution in [1.29, 1.82) is 0 Å². The number of nitrogens with zero attached hydrogens (tertiary/aromatic N) is 2. The number of imidazole rings is 1. The Labute approximate surface area is 241 Å². The van der Waals surface area contributed by atoms with Crippen LogP contribution in [0.1, 0.15) is 90.9 Å². The molecular weight excluding hydrogens is 526 g/mol. The standard InChI is InChI=1S/C33H42F2N2O2S/c1-3-5-7-9-11-13-21-38-26-17-15-25(16-18-26)30-24-37-23-28(36-33(37)40-30)27-19-20-29(32(35)31(27)34)39-22-14-12-10-8-6-4-2/h15-20,23-24H,3-14,21-22H2,1-2H3. The van der Waals surface area contributed by atoms with E-state index in [2.05, 4.69) is 18.8 Å². The van der Waals surface area contributed by atoms with Crippen LogP contribution in [0, 0.1) is 11.6 Å². The SMILES string of the molecule is CCCCCCCCOc1ccc(-c2cn3cc(-c4ccc(OCCCCCCCC)c(F)c4F)nc3s2)cc1. The van der Waals surface area contributed by atoms with Crippen LogP contribution in [0.4, 0.5) is 8.78 Å². The van der Waals surface area contributed by atoms with Crippen LogP contribution in [0.2, 0.25) is 0 Å². The van der Waals surface area contributed by atoms with Gasteiger partial charge in [-0.3, -0.25) is 4.40 Å². The first-order valence-electron chi connectivity index (χ1n) is 14.9. The third-order valence-corrected chi connectivity index (χ3v) is 8.19. The molecule has 0 N–H and O–H groups in total. The van der Waals surface area contributed by atoms with E-state index in [1.165, 1.54) is 68.8 Å². The van der Waals surface area contributed by atoms with Crippen LogP contribution in [0.15, 0.2) is 48.8 Å². The third-order valence-electron chi connectivity index (χ3n) is 7.14. The second-order valence-electron chi connectivity index (χ2n) is 10.4. The van der Waals surface area contributed by atoms with E-state index in [4.69, 9.17) is 9.47 Å². The van der Waals surface area contributed by atoms with Gasteiger partial charge in [0.1, 0.15) is 5.75 Å². The summed E-state index contributed by atoms with van der Waals surface area (Å²) in [6.45, 7) is 5.54. The molecule has 2 aromatic heterocycles. The lowest BCUT2D eigenvalue weighted by atomic mass is 10.1. The van der Waals surface area contributed by atoms with Crippen molar-refractivity contribution < 1.29 is 18.3 Å². The van der Waals surface area contributed by atoms with Gasteiger partial charge in [0.2, 0.25) is 5.82 Å². The molecule has 0 saturated heterocycles. The normalized spacial score (nSPS) is 11.4. The molecule has 2 heterocycles. The molecule has 0 saturated carbocycles. The molecule has 4 rings (SSSR count). The topological polar surface area (TPSA) is 35.8 Å². The van der Waals surface area contributed by atoms with Crippen molar-refractivity contribution in [1.82, 2.24) is 9.38 Å². The predicted octanol–water partition coefficient (Wildman–Crippen LogP) is 10.5. The van der Waals surface area contributed by atoms with Crippen LogP contribution < -0.4 is 9.47 Å². The fourth-order valence-corrected chi connectivity index (χ4v) is 5.72. The Hall–Kier alpha value is -2.93. The fraction of sp³-hybridized carbons (Fsp3) is 0.485. The van der Waals surface area contributed by atoms with Crippen molar-refractivity contribution in [2.75, 3.05) is 13.2 Å². The number of hydrogen-bond acceptors (Lipinski definition) is 4. The van der Waals surface area contributed by atoms with Crippen molar-refractivity contribution in [2.45, 2.75) is 90.9 Å². The van der Waals surface area contributed by atoms with Gasteiger partial charge in [-0.1, -0.05) is 89.4 Å². The van der Waals surface area contributed by atoms with Gasteiger partial charge >= 0.3 is 0 Å². The molecule has 0 amide bonds. The van der Waals surface area contributed by atoms with E-state index in [1.54, 1.807) is 12.3 Å². The minimum atomic E-state index is -0.959. The number of unbranched alkanes of at least 4 members (excludes halogenated alkanes) is 10. The molecule has 0 radical (unpaired) electrons. The quantitative estimate of drug-likeness (QED) is 0.112. The summed E-state index contributed by atoms with van der Waals surface area (Å²) >= 11 is 1.51. The Bertz CT molecular complexity index is 1280. The van der Waals surface area contributed by atoms with Crippen molar-refractivity contribution in [3.63, 3.8) is 0 Å². The molecule has 0 aliphatic rings. The number of benzene rings is 2. The highest BCUT2D eigenvalue weighted by Gasteiger charge is 2.19. The van der Waals surface area contributed by atoms with E-state index < -0.39 is 11.6 Å². The van der Waals surface area contributed by atoms with Crippen LogP contribution in [0.5, 0.6) is 11.5 Å². The summed E-state index contributed by atoms with van der Waals surface area (Å²) in [6, 6.07) is 11.1. The number of halogens is 2. The number of rotatable bonds is 18. The first-order valence-corrected chi connectivity index (χ1v) is 15.7. The summed E-state index contributed by atoms with van der Waals surface area (Å²) in [7, 11) is 0. The fourth-order valence-electron chi connectivity index (χ4n) is 4.75. The van der Waals surface area contributed by atoms with E-state index >= 15 is 0 Å². The molecule has 2 aromatic carbocycles. The van der Waals surface area contributed by atoms with Gasteiger partial charge in [-0.05, 0) is 54.8 Å². The zero-order chi connectivity index (χ0) is 28.2. The van der Waals surface area contributed by atoms with Crippen LogP contribution in [-0.4, -0.2) is 22.6 Å². The third kappa shape index (κ3) is 8.29. The number of fused-ring (bicyclic) bond motifs is 1. The number of thiazole rings is 1. The molecule has 4 nitrogen and oxygen atoms in total. The van der Waals surface area contributed by atoms with Crippen molar-refractivity contribution >= 4 is 16.3 Å². The first kappa shape index (κ1) is 30.0. The lowest BCUT2D eigenvalue weighted by Crippen LogP contribution is -2.01. The van der Waals surface area contributed by atoms with E-state index in [-0.39, 0.29) is 11.3 Å². The smallest absolute Gasteiger partial charge is 0.201 e. The van der Waals surface area contributed by atoms with E-state index in [1.807, 2.05) is 34.9 Å². The van der Waals surface area contributed by atoms with Gasteiger partial charge in [0.05, 0.1) is 23.8 Å². The molecule has 0 aliphatic heterocycles. The van der Waals surface area contributed by atoms with Crippen LogP contribution in [0.25, 0.3) is 26.7 Å². The minimum absolute atomic E-state index is 0.0440. The summed E-state index contributed by atoms with van der Waals surface area (Å²) in [6.07, 6.45) is 17.8. The highest BCUT2D eigenvalue weighted by Crippen LogP contribution is 2.34. The molecule has 4 aromatic rings. The minimum Gasteiger partial charge on any atom is -0.494 e. The van der Waals surface area contributed by atoms with Gasteiger partial charge in [-0.15, -0.1) is 0 Å². The molecule has 0 unspecified atom stereocenters. The Kier molecular flexibility index (Phi) is 11.8. The maximum atomic E-state index is 14.9. The molecule has 0 bridgehead atoms. The molecule has 0 spiro atoms. The summed E-state index contributed by atoms with van der Waals surface area (Å²) in [4.78, 5) is 6.34. The van der Waals surface area contributed by atoms with Crippen LogP contribution >= 0.6 is 11.3 Å². The van der Waals surface area contributed by atoms with Crippen molar-refractivity contribution in [3.8, 4) is 33.2 Å².